The van der Waals surface area contributed by atoms with Gasteiger partial charge in [-0.3, -0.25) is 4.79 Å². The van der Waals surface area contributed by atoms with Gasteiger partial charge in [0.2, 0.25) is 5.91 Å². The second-order valence-corrected chi connectivity index (χ2v) is 7.23. The maximum absolute atomic E-state index is 12.1. The van der Waals surface area contributed by atoms with E-state index in [0.717, 1.165) is 24.2 Å². The number of ether oxygens (including phenoxy) is 1. The molecule has 4 nitrogen and oxygen atoms in total. The SMILES string of the molecule is CN(CC(C)(C)O)C(=O)CCc1cccc(OC2CCCC2)c1. The van der Waals surface area contributed by atoms with Crippen LogP contribution in [0.3, 0.4) is 0 Å². The van der Waals surface area contributed by atoms with Gasteiger partial charge in [-0.2, -0.15) is 0 Å². The molecule has 1 amide bonds. The van der Waals surface area contributed by atoms with Crippen molar-refractivity contribution in [2.75, 3.05) is 13.6 Å². The first kappa shape index (κ1) is 17.8. The van der Waals surface area contributed by atoms with Gasteiger partial charge in [-0.1, -0.05) is 12.1 Å². The Bertz CT molecular complexity index is 516. The van der Waals surface area contributed by atoms with Crippen LogP contribution < -0.4 is 4.74 Å². The predicted molar refractivity (Wildman–Crippen MR) is 91.6 cm³/mol. The molecule has 4 heteroatoms. The Kier molecular flexibility index (Phi) is 6.05. The van der Waals surface area contributed by atoms with Crippen molar-refractivity contribution in [1.82, 2.24) is 4.90 Å². The number of hydrogen-bond acceptors (Lipinski definition) is 3. The van der Waals surface area contributed by atoms with Crippen molar-refractivity contribution in [2.24, 2.45) is 0 Å². The van der Waals surface area contributed by atoms with Gasteiger partial charge in [-0.25, -0.2) is 0 Å². The summed E-state index contributed by atoms with van der Waals surface area (Å²) in [4.78, 5) is 13.7. The van der Waals surface area contributed by atoms with E-state index in [1.807, 2.05) is 24.3 Å². The molecule has 0 radical (unpaired) electrons. The van der Waals surface area contributed by atoms with E-state index in [1.54, 1.807) is 25.8 Å². The summed E-state index contributed by atoms with van der Waals surface area (Å²) in [6.07, 6.45) is 6.29. The van der Waals surface area contributed by atoms with Gasteiger partial charge >= 0.3 is 0 Å². The van der Waals surface area contributed by atoms with Gasteiger partial charge in [0.1, 0.15) is 5.75 Å². The maximum Gasteiger partial charge on any atom is 0.222 e. The van der Waals surface area contributed by atoms with Crippen LogP contribution in [0.15, 0.2) is 24.3 Å². The van der Waals surface area contributed by atoms with E-state index in [-0.39, 0.29) is 5.91 Å². The van der Waals surface area contributed by atoms with Crippen molar-refractivity contribution in [2.45, 2.75) is 64.1 Å². The van der Waals surface area contributed by atoms with E-state index < -0.39 is 5.60 Å². The molecule has 1 aromatic carbocycles. The van der Waals surface area contributed by atoms with E-state index in [1.165, 1.54) is 12.8 Å². The number of carbonyl (C=O) groups is 1. The zero-order chi connectivity index (χ0) is 16.9. The van der Waals surface area contributed by atoms with Crippen molar-refractivity contribution < 1.29 is 14.6 Å². The number of rotatable bonds is 7. The second-order valence-electron chi connectivity index (χ2n) is 7.23. The van der Waals surface area contributed by atoms with Crippen LogP contribution in [-0.4, -0.2) is 41.2 Å². The lowest BCUT2D eigenvalue weighted by molar-refractivity contribution is -0.132. The molecule has 1 aliphatic rings. The van der Waals surface area contributed by atoms with Crippen molar-refractivity contribution in [1.29, 1.82) is 0 Å². The first-order valence-electron chi connectivity index (χ1n) is 8.55. The largest absolute Gasteiger partial charge is 0.490 e. The van der Waals surface area contributed by atoms with Crippen LogP contribution in [0.25, 0.3) is 0 Å². The molecule has 2 rings (SSSR count). The van der Waals surface area contributed by atoms with Crippen LogP contribution in [0.4, 0.5) is 0 Å². The molecule has 0 bridgehead atoms. The third-order valence-electron chi connectivity index (χ3n) is 4.18. The minimum absolute atomic E-state index is 0.0502. The molecule has 1 saturated carbocycles. The molecule has 0 spiro atoms. The zero-order valence-corrected chi connectivity index (χ0v) is 14.5. The lowest BCUT2D eigenvalue weighted by Crippen LogP contribution is -2.39. The molecule has 0 atom stereocenters. The van der Waals surface area contributed by atoms with E-state index >= 15 is 0 Å². The number of nitrogens with zero attached hydrogens (tertiary/aromatic N) is 1. The molecule has 1 aromatic rings. The summed E-state index contributed by atoms with van der Waals surface area (Å²) in [5.41, 5.74) is 0.255. The maximum atomic E-state index is 12.1. The van der Waals surface area contributed by atoms with Gasteiger partial charge in [0.25, 0.3) is 0 Å². The summed E-state index contributed by atoms with van der Waals surface area (Å²) in [7, 11) is 1.74. The Balaban J connectivity index is 1.84. The lowest BCUT2D eigenvalue weighted by atomic mass is 10.1. The molecule has 1 aliphatic carbocycles. The number of aliphatic hydroxyl groups is 1. The normalized spacial score (nSPS) is 15.7. The van der Waals surface area contributed by atoms with Crippen LogP contribution in [0.1, 0.15) is 51.5 Å². The Morgan fingerprint density at radius 1 is 1.35 bits per heavy atom. The van der Waals surface area contributed by atoms with Gasteiger partial charge < -0.3 is 14.7 Å². The fraction of sp³-hybridized carbons (Fsp3) is 0.632. The standard InChI is InChI=1S/C19H29NO3/c1-19(2,22)14-20(3)18(21)12-11-15-7-6-10-17(13-15)23-16-8-4-5-9-16/h6-7,10,13,16,22H,4-5,8-9,11-12,14H2,1-3H3. The van der Waals surface area contributed by atoms with Gasteiger partial charge in [0, 0.05) is 20.0 Å². The Morgan fingerprint density at radius 2 is 2.04 bits per heavy atom. The summed E-state index contributed by atoms with van der Waals surface area (Å²) < 4.78 is 6.01. The van der Waals surface area contributed by atoms with Crippen molar-refractivity contribution in [3.8, 4) is 5.75 Å². The molecule has 23 heavy (non-hydrogen) atoms. The van der Waals surface area contributed by atoms with Crippen molar-refractivity contribution in [3.63, 3.8) is 0 Å². The fourth-order valence-corrected chi connectivity index (χ4v) is 3.08. The van der Waals surface area contributed by atoms with E-state index in [0.29, 0.717) is 25.5 Å². The first-order chi connectivity index (χ1) is 10.8. The molecule has 0 aliphatic heterocycles. The fourth-order valence-electron chi connectivity index (χ4n) is 3.08. The molecular weight excluding hydrogens is 290 g/mol. The summed E-state index contributed by atoms with van der Waals surface area (Å²) in [5.74, 6) is 0.959. The van der Waals surface area contributed by atoms with Gasteiger partial charge in [-0.15, -0.1) is 0 Å². The van der Waals surface area contributed by atoms with E-state index in [2.05, 4.69) is 0 Å². The number of aryl methyl sites for hydroxylation is 1. The predicted octanol–water partition coefficient (Wildman–Crippen LogP) is 3.17. The molecular formula is C19H29NO3. The number of benzene rings is 1. The highest BCUT2D eigenvalue weighted by Gasteiger charge is 2.19. The van der Waals surface area contributed by atoms with Crippen molar-refractivity contribution >= 4 is 5.91 Å². The van der Waals surface area contributed by atoms with E-state index in [4.69, 9.17) is 4.74 Å². The summed E-state index contributed by atoms with van der Waals surface area (Å²) in [6, 6.07) is 8.06. The summed E-state index contributed by atoms with van der Waals surface area (Å²) in [6.45, 7) is 3.76. The minimum atomic E-state index is -0.862. The van der Waals surface area contributed by atoms with Crippen molar-refractivity contribution in [3.05, 3.63) is 29.8 Å². The summed E-state index contributed by atoms with van der Waals surface area (Å²) in [5, 5.41) is 9.78. The number of carbonyl (C=O) groups excluding carboxylic acids is 1. The van der Waals surface area contributed by atoms with Crippen LogP contribution in [0.5, 0.6) is 5.75 Å². The highest BCUT2D eigenvalue weighted by molar-refractivity contribution is 5.76. The van der Waals surface area contributed by atoms with Crippen LogP contribution in [0, 0.1) is 0 Å². The average molecular weight is 319 g/mol. The molecule has 0 aromatic heterocycles. The third-order valence-corrected chi connectivity index (χ3v) is 4.18. The second kappa shape index (κ2) is 7.82. The Morgan fingerprint density at radius 3 is 2.70 bits per heavy atom. The first-order valence-corrected chi connectivity index (χ1v) is 8.55. The quantitative estimate of drug-likeness (QED) is 0.840. The zero-order valence-electron chi connectivity index (χ0n) is 14.5. The monoisotopic (exact) mass is 319 g/mol. The van der Waals surface area contributed by atoms with Gasteiger partial charge in [0.05, 0.1) is 11.7 Å². The molecule has 1 N–H and O–H groups in total. The van der Waals surface area contributed by atoms with Crippen LogP contribution >= 0.6 is 0 Å². The topological polar surface area (TPSA) is 49.8 Å². The van der Waals surface area contributed by atoms with Crippen LogP contribution in [-0.2, 0) is 11.2 Å². The van der Waals surface area contributed by atoms with E-state index in [9.17, 15) is 9.90 Å². The Labute approximate surface area is 139 Å². The lowest BCUT2D eigenvalue weighted by Gasteiger charge is -2.25. The third kappa shape index (κ3) is 6.22. The molecule has 1 fully saturated rings. The number of amides is 1. The highest BCUT2D eigenvalue weighted by atomic mass is 16.5. The number of hydrogen-bond donors (Lipinski definition) is 1. The molecule has 0 unspecified atom stereocenters. The average Bonchev–Trinajstić information content (AvgIpc) is 2.96. The summed E-state index contributed by atoms with van der Waals surface area (Å²) >= 11 is 0. The smallest absolute Gasteiger partial charge is 0.222 e. The Hall–Kier alpha value is -1.55. The molecule has 128 valence electrons. The highest BCUT2D eigenvalue weighted by Crippen LogP contribution is 2.24. The number of likely N-dealkylation sites (N-methyl/N-ethyl adjacent to an activating group) is 1. The minimum Gasteiger partial charge on any atom is -0.490 e. The molecule has 0 saturated heterocycles. The van der Waals surface area contributed by atoms with Gasteiger partial charge in [0.15, 0.2) is 0 Å². The molecule has 0 heterocycles. The van der Waals surface area contributed by atoms with Gasteiger partial charge in [-0.05, 0) is 63.6 Å². The van der Waals surface area contributed by atoms with Crippen LogP contribution in [0.2, 0.25) is 0 Å².